The molecule has 0 aromatic heterocycles. The molecule has 0 atom stereocenters. The van der Waals surface area contributed by atoms with Crippen molar-refractivity contribution >= 4 is 25.8 Å². The van der Waals surface area contributed by atoms with Gasteiger partial charge in [-0.1, -0.05) is 0 Å². The van der Waals surface area contributed by atoms with Crippen LogP contribution in [0.2, 0.25) is 0 Å². The van der Waals surface area contributed by atoms with Crippen molar-refractivity contribution in [2.45, 2.75) is 0 Å². The van der Waals surface area contributed by atoms with Crippen LogP contribution in [0.3, 0.4) is 0 Å². The first-order valence-electron chi connectivity index (χ1n) is 0. The summed E-state index contributed by atoms with van der Waals surface area (Å²) in [6.45, 7) is 0. The van der Waals surface area contributed by atoms with Gasteiger partial charge in [0.2, 0.25) is 0 Å². The minimum absolute atomic E-state index is 0. The molecule has 0 spiro atoms. The SMILES string of the molecule is [In+3].[La+3].[O-2].[O-2].[O-2]. The molecule has 5 heteroatoms. The summed E-state index contributed by atoms with van der Waals surface area (Å²) in [5, 5.41) is 0. The quantitative estimate of drug-likeness (QED) is 0.564. The van der Waals surface area contributed by atoms with Crippen LogP contribution in [-0.2, 0) is 16.4 Å². The zero-order valence-electron chi connectivity index (χ0n) is 2.38. The molecule has 0 aromatic carbocycles. The van der Waals surface area contributed by atoms with E-state index in [4.69, 9.17) is 0 Å². The molecule has 0 N–H and O–H groups in total. The smallest absolute Gasteiger partial charge is 2.00 e. The molecule has 0 rings (SSSR count). The topological polar surface area (TPSA) is 85.5 Å². The minimum Gasteiger partial charge on any atom is -2.00 e. The molecule has 0 aliphatic rings. The van der Waals surface area contributed by atoms with Gasteiger partial charge < -0.3 is 16.4 Å². The van der Waals surface area contributed by atoms with Crippen molar-refractivity contribution in [2.24, 2.45) is 0 Å². The van der Waals surface area contributed by atoms with E-state index in [1.807, 2.05) is 0 Å². The Morgan fingerprint density at radius 3 is 0.600 bits per heavy atom. The fourth-order valence-electron chi connectivity index (χ4n) is 0. The maximum atomic E-state index is 0. The first-order valence-corrected chi connectivity index (χ1v) is 0. The number of hydrogen-bond acceptors (Lipinski definition) is 0. The Hall–Kier alpha value is 1.94. The zero-order valence-corrected chi connectivity index (χ0v) is 9.30. The van der Waals surface area contributed by atoms with E-state index in [1.165, 1.54) is 0 Å². The van der Waals surface area contributed by atoms with Crippen molar-refractivity contribution in [3.05, 3.63) is 0 Å². The summed E-state index contributed by atoms with van der Waals surface area (Å²) in [5.74, 6) is 0. The normalized spacial score (nSPS) is 0. The van der Waals surface area contributed by atoms with Crippen molar-refractivity contribution in [3.63, 3.8) is 0 Å². The van der Waals surface area contributed by atoms with Crippen molar-refractivity contribution in [1.29, 1.82) is 0 Å². The first-order chi connectivity index (χ1) is 0. The van der Waals surface area contributed by atoms with Crippen molar-refractivity contribution in [3.8, 4) is 0 Å². The van der Waals surface area contributed by atoms with Gasteiger partial charge in [0, 0.05) is 0 Å². The van der Waals surface area contributed by atoms with Gasteiger partial charge in [-0.15, -0.1) is 0 Å². The van der Waals surface area contributed by atoms with E-state index in [9.17, 15) is 0 Å². The molecule has 0 aromatic rings. The van der Waals surface area contributed by atoms with Gasteiger partial charge in [0.25, 0.3) is 0 Å². The van der Waals surface area contributed by atoms with Crippen LogP contribution in [0, 0.1) is 35.6 Å². The molecule has 0 aliphatic carbocycles. The van der Waals surface area contributed by atoms with E-state index in [-0.39, 0.29) is 77.9 Å². The van der Waals surface area contributed by atoms with Gasteiger partial charge in [-0.05, 0) is 0 Å². The molecule has 0 unspecified atom stereocenters. The summed E-state index contributed by atoms with van der Waals surface area (Å²) in [7, 11) is 0. The molecule has 0 amide bonds. The Bertz CT molecular complexity index is 6.85. The Morgan fingerprint density at radius 2 is 0.600 bits per heavy atom. The predicted octanol–water partition coefficient (Wildman–Crippen LogP) is -0.737. The summed E-state index contributed by atoms with van der Waals surface area (Å²) in [6.07, 6.45) is 0. The van der Waals surface area contributed by atoms with Gasteiger partial charge in [-0.25, -0.2) is 0 Å². The maximum Gasteiger partial charge on any atom is 3.00 e. The van der Waals surface area contributed by atoms with Crippen LogP contribution in [-0.4, -0.2) is 25.8 Å². The van der Waals surface area contributed by atoms with Crippen LogP contribution in [0.4, 0.5) is 0 Å². The Morgan fingerprint density at radius 1 is 0.600 bits per heavy atom. The molecule has 0 bridgehead atoms. The van der Waals surface area contributed by atoms with Gasteiger partial charge >= 0.3 is 61.4 Å². The summed E-state index contributed by atoms with van der Waals surface area (Å²) in [6, 6.07) is 0. The van der Waals surface area contributed by atoms with Crippen LogP contribution in [0.5, 0.6) is 0 Å². The predicted molar refractivity (Wildman–Crippen MR) is 7.81 cm³/mol. The first kappa shape index (κ1) is 64.9. The third-order valence-corrected chi connectivity index (χ3v) is 0. The summed E-state index contributed by atoms with van der Waals surface area (Å²) in [4.78, 5) is 0. The third-order valence-electron chi connectivity index (χ3n) is 0. The summed E-state index contributed by atoms with van der Waals surface area (Å²) >= 11 is 0. The molecule has 5 heavy (non-hydrogen) atoms. The number of hydrogen-bond donors (Lipinski definition) is 0. The van der Waals surface area contributed by atoms with Crippen molar-refractivity contribution in [1.82, 2.24) is 0 Å². The van der Waals surface area contributed by atoms with Gasteiger partial charge in [-0.2, -0.15) is 0 Å². The fraction of sp³-hybridized carbons (Fsp3) is 0. The van der Waals surface area contributed by atoms with Crippen molar-refractivity contribution < 1.29 is 52.0 Å². The molecule has 24 valence electrons. The Labute approximate surface area is 76.8 Å². The van der Waals surface area contributed by atoms with Gasteiger partial charge in [0.15, 0.2) is 0 Å². The largest absolute Gasteiger partial charge is 3.00 e. The average Bonchev–Trinajstić information content (AvgIpc) is 0. The second kappa shape index (κ2) is 38.4. The molecule has 0 aliphatic heterocycles. The van der Waals surface area contributed by atoms with E-state index in [1.54, 1.807) is 0 Å². The van der Waals surface area contributed by atoms with E-state index in [0.29, 0.717) is 0 Å². The number of rotatable bonds is 0. The van der Waals surface area contributed by atoms with Crippen LogP contribution >= 0.6 is 0 Å². The molecule has 0 saturated carbocycles. The van der Waals surface area contributed by atoms with E-state index < -0.39 is 0 Å². The minimum atomic E-state index is 0. The Kier molecular flexibility index (Phi) is 499. The maximum absolute atomic E-state index is 0. The molecule has 0 saturated heterocycles. The van der Waals surface area contributed by atoms with E-state index >= 15 is 0 Å². The second-order valence-electron chi connectivity index (χ2n) is 0. The van der Waals surface area contributed by atoms with Crippen LogP contribution in [0.25, 0.3) is 0 Å². The molecule has 0 heterocycles. The Balaban J connectivity index is 0. The fourth-order valence-corrected chi connectivity index (χ4v) is 0. The molecular formula is InLaO3. The second-order valence-corrected chi connectivity index (χ2v) is 0. The van der Waals surface area contributed by atoms with Crippen LogP contribution in [0.1, 0.15) is 0 Å². The summed E-state index contributed by atoms with van der Waals surface area (Å²) in [5.41, 5.74) is 0. The molecule has 0 fully saturated rings. The average molecular weight is 302 g/mol. The monoisotopic (exact) mass is 302 g/mol. The van der Waals surface area contributed by atoms with E-state index in [2.05, 4.69) is 0 Å². The van der Waals surface area contributed by atoms with Gasteiger partial charge in [-0.3, -0.25) is 0 Å². The zero-order chi connectivity index (χ0) is 0. The van der Waals surface area contributed by atoms with Crippen LogP contribution in [0.15, 0.2) is 0 Å². The third kappa shape index (κ3) is 24.5. The van der Waals surface area contributed by atoms with Gasteiger partial charge in [0.05, 0.1) is 0 Å². The molecule has 3 nitrogen and oxygen atoms in total. The van der Waals surface area contributed by atoms with Crippen LogP contribution < -0.4 is 0 Å². The van der Waals surface area contributed by atoms with Gasteiger partial charge in [0.1, 0.15) is 0 Å². The molecule has 0 radical (unpaired) electrons. The van der Waals surface area contributed by atoms with Crippen molar-refractivity contribution in [2.75, 3.05) is 0 Å². The van der Waals surface area contributed by atoms with E-state index in [0.717, 1.165) is 0 Å². The standard InChI is InChI=1S/In.La.3O/q2*+3;3*-2. The molecular weight excluding hydrogens is 302 g/mol. The summed E-state index contributed by atoms with van der Waals surface area (Å²) < 4.78 is 0.